The van der Waals surface area contributed by atoms with Crippen LogP contribution in [0, 0.1) is 17.8 Å². The molecular weight excluding hydrogens is 202 g/mol. The Balaban J connectivity index is 2.11. The molecule has 0 unspecified atom stereocenters. The van der Waals surface area contributed by atoms with Gasteiger partial charge in [0.2, 0.25) is 11.8 Å². The lowest BCUT2D eigenvalue weighted by Gasteiger charge is -2.41. The van der Waals surface area contributed by atoms with Crippen LogP contribution < -0.4 is 0 Å². The second kappa shape index (κ2) is 4.29. The summed E-state index contributed by atoms with van der Waals surface area (Å²) in [5.74, 6) is 2.23. The van der Waals surface area contributed by atoms with Crippen LogP contribution in [-0.4, -0.2) is 23.3 Å². The third-order valence-electron chi connectivity index (χ3n) is 3.82. The molecule has 1 heterocycles. The second-order valence-corrected chi connectivity index (χ2v) is 4.99. The van der Waals surface area contributed by atoms with Crippen molar-refractivity contribution < 1.29 is 9.59 Å². The van der Waals surface area contributed by atoms with Gasteiger partial charge in [0.15, 0.2) is 0 Å². The molecule has 1 saturated heterocycles. The molecule has 1 aliphatic carbocycles. The predicted molar refractivity (Wildman–Crippen MR) is 60.3 cm³/mol. The molecule has 3 nitrogen and oxygen atoms in total. The molecule has 16 heavy (non-hydrogen) atoms. The molecular formula is C13H17NO2. The van der Waals surface area contributed by atoms with Crippen molar-refractivity contribution in [1.29, 1.82) is 0 Å². The lowest BCUT2D eigenvalue weighted by Crippen LogP contribution is -2.48. The summed E-state index contributed by atoms with van der Waals surface area (Å²) in [6.07, 6.45) is 11.8. The highest BCUT2D eigenvalue weighted by Crippen LogP contribution is 2.45. The molecule has 1 aliphatic heterocycles. The van der Waals surface area contributed by atoms with Crippen molar-refractivity contribution in [1.82, 2.24) is 4.90 Å². The molecule has 0 aromatic carbocycles. The third kappa shape index (κ3) is 1.97. The molecule has 0 atom stereocenters. The molecule has 2 fully saturated rings. The molecule has 2 rings (SSSR count). The Morgan fingerprint density at radius 1 is 1.12 bits per heavy atom. The predicted octanol–water partition coefficient (Wildman–Crippen LogP) is 1.72. The van der Waals surface area contributed by atoms with Crippen LogP contribution in [0.2, 0.25) is 0 Å². The number of imide groups is 1. The lowest BCUT2D eigenvalue weighted by molar-refractivity contribution is -0.153. The summed E-state index contributed by atoms with van der Waals surface area (Å²) in [6.45, 7) is 0.133. The van der Waals surface area contributed by atoms with Crippen LogP contribution in [-0.2, 0) is 9.59 Å². The Hall–Kier alpha value is -1.30. The van der Waals surface area contributed by atoms with Gasteiger partial charge in [-0.05, 0) is 18.3 Å². The van der Waals surface area contributed by atoms with Gasteiger partial charge >= 0.3 is 0 Å². The van der Waals surface area contributed by atoms with Crippen LogP contribution in [0.25, 0.3) is 0 Å². The number of rotatable bonds is 1. The number of hydrogen-bond acceptors (Lipinski definition) is 2. The fraction of sp³-hybridized carbons (Fsp3) is 0.692. The number of carbonyl (C=O) groups excluding carboxylic acids is 2. The number of nitrogens with zero attached hydrogens (tertiary/aromatic N) is 1. The zero-order valence-corrected chi connectivity index (χ0v) is 9.50. The first-order valence-electron chi connectivity index (χ1n) is 5.94. The zero-order chi connectivity index (χ0) is 11.6. The van der Waals surface area contributed by atoms with E-state index < -0.39 is 0 Å². The van der Waals surface area contributed by atoms with E-state index in [9.17, 15) is 9.59 Å². The Morgan fingerprint density at radius 3 is 2.19 bits per heavy atom. The first kappa shape index (κ1) is 11.2. The Labute approximate surface area is 96.2 Å². The summed E-state index contributed by atoms with van der Waals surface area (Å²) in [7, 11) is 0. The number of likely N-dealkylation sites (tertiary alicyclic amines) is 1. The summed E-state index contributed by atoms with van der Waals surface area (Å²) < 4.78 is 0. The van der Waals surface area contributed by atoms with Gasteiger partial charge in [-0.3, -0.25) is 14.5 Å². The second-order valence-electron chi connectivity index (χ2n) is 4.99. The average Bonchev–Trinajstić information content (AvgIpc) is 2.24. The standard InChI is InChI=1S/C13H17NO2/c1-2-8-14-11(15)9-13(10-12(14)16)6-4-3-5-7-13/h1H,3-10H2. The minimum atomic E-state index is -0.0731. The topological polar surface area (TPSA) is 37.4 Å². The number of hydrogen-bond donors (Lipinski definition) is 0. The lowest BCUT2D eigenvalue weighted by atomic mass is 9.67. The third-order valence-corrected chi connectivity index (χ3v) is 3.82. The molecule has 0 N–H and O–H groups in total. The van der Waals surface area contributed by atoms with Crippen LogP contribution in [0.5, 0.6) is 0 Å². The van der Waals surface area contributed by atoms with E-state index in [4.69, 9.17) is 6.42 Å². The normalized spacial score (nSPS) is 24.6. The SMILES string of the molecule is C#CCN1C(=O)CC2(CCCCC2)CC1=O. The molecule has 3 heteroatoms. The van der Waals surface area contributed by atoms with Crippen molar-refractivity contribution in [3.8, 4) is 12.3 Å². The van der Waals surface area contributed by atoms with Crippen LogP contribution in [0.4, 0.5) is 0 Å². The number of piperidine rings is 1. The summed E-state index contributed by atoms with van der Waals surface area (Å²) in [6, 6.07) is 0. The largest absolute Gasteiger partial charge is 0.274 e. The van der Waals surface area contributed by atoms with Gasteiger partial charge in [-0.15, -0.1) is 6.42 Å². The Kier molecular flexibility index (Phi) is 3.00. The molecule has 0 radical (unpaired) electrons. The molecule has 0 aromatic rings. The molecule has 0 aromatic heterocycles. The smallest absolute Gasteiger partial charge is 0.230 e. The van der Waals surface area contributed by atoms with E-state index in [2.05, 4.69) is 5.92 Å². The molecule has 1 spiro atoms. The van der Waals surface area contributed by atoms with Gasteiger partial charge in [0.05, 0.1) is 6.54 Å². The number of carbonyl (C=O) groups is 2. The quantitative estimate of drug-likeness (QED) is 0.497. The van der Waals surface area contributed by atoms with Crippen molar-refractivity contribution in [2.24, 2.45) is 5.41 Å². The highest BCUT2D eigenvalue weighted by atomic mass is 16.2. The fourth-order valence-corrected chi connectivity index (χ4v) is 2.96. The molecule has 0 bridgehead atoms. The number of terminal acetylenes is 1. The highest BCUT2D eigenvalue weighted by Gasteiger charge is 2.43. The van der Waals surface area contributed by atoms with E-state index in [0.717, 1.165) is 25.7 Å². The van der Waals surface area contributed by atoms with Crippen molar-refractivity contribution in [3.63, 3.8) is 0 Å². The monoisotopic (exact) mass is 219 g/mol. The van der Waals surface area contributed by atoms with Gasteiger partial charge in [0, 0.05) is 12.8 Å². The van der Waals surface area contributed by atoms with Crippen molar-refractivity contribution >= 4 is 11.8 Å². The van der Waals surface area contributed by atoms with E-state index in [1.807, 2.05) is 0 Å². The molecule has 2 aliphatic rings. The summed E-state index contributed by atoms with van der Waals surface area (Å²) in [4.78, 5) is 25.0. The maximum atomic E-state index is 11.9. The minimum absolute atomic E-state index is 0.0302. The average molecular weight is 219 g/mol. The minimum Gasteiger partial charge on any atom is -0.274 e. The molecule has 1 saturated carbocycles. The summed E-state index contributed by atoms with van der Waals surface area (Å²) in [5, 5.41) is 0. The van der Waals surface area contributed by atoms with Crippen molar-refractivity contribution in [2.75, 3.05) is 6.54 Å². The first-order valence-corrected chi connectivity index (χ1v) is 5.94. The van der Waals surface area contributed by atoms with E-state index in [1.165, 1.54) is 11.3 Å². The molecule has 2 amide bonds. The Morgan fingerprint density at radius 2 is 1.69 bits per heavy atom. The summed E-state index contributed by atoms with van der Waals surface area (Å²) >= 11 is 0. The first-order chi connectivity index (χ1) is 7.67. The van der Waals surface area contributed by atoms with Crippen LogP contribution in [0.1, 0.15) is 44.9 Å². The molecule has 86 valence electrons. The maximum Gasteiger partial charge on any atom is 0.230 e. The van der Waals surface area contributed by atoms with Crippen molar-refractivity contribution in [3.05, 3.63) is 0 Å². The van der Waals surface area contributed by atoms with Crippen molar-refractivity contribution in [2.45, 2.75) is 44.9 Å². The van der Waals surface area contributed by atoms with Gasteiger partial charge in [-0.25, -0.2) is 0 Å². The van der Waals surface area contributed by atoms with Gasteiger partial charge in [0.25, 0.3) is 0 Å². The van der Waals surface area contributed by atoms with Gasteiger partial charge in [-0.2, -0.15) is 0 Å². The van der Waals surface area contributed by atoms with Gasteiger partial charge < -0.3 is 0 Å². The van der Waals surface area contributed by atoms with Crippen LogP contribution in [0.3, 0.4) is 0 Å². The van der Waals surface area contributed by atoms with Crippen LogP contribution >= 0.6 is 0 Å². The van der Waals surface area contributed by atoms with Gasteiger partial charge in [-0.1, -0.05) is 25.2 Å². The Bertz CT molecular complexity index is 327. The number of amides is 2. The fourth-order valence-electron chi connectivity index (χ4n) is 2.96. The van der Waals surface area contributed by atoms with E-state index in [1.54, 1.807) is 0 Å². The van der Waals surface area contributed by atoms with Gasteiger partial charge in [0.1, 0.15) is 0 Å². The van der Waals surface area contributed by atoms with E-state index in [-0.39, 0.29) is 23.8 Å². The van der Waals surface area contributed by atoms with Crippen LogP contribution in [0.15, 0.2) is 0 Å². The summed E-state index contributed by atoms with van der Waals surface area (Å²) in [5.41, 5.74) is -0.0302. The maximum absolute atomic E-state index is 11.9. The highest BCUT2D eigenvalue weighted by molar-refractivity contribution is 5.98. The zero-order valence-electron chi connectivity index (χ0n) is 9.50. The van der Waals surface area contributed by atoms with E-state index >= 15 is 0 Å². The van der Waals surface area contributed by atoms with E-state index in [0.29, 0.717) is 12.8 Å².